The lowest BCUT2D eigenvalue weighted by Gasteiger charge is -2.18. The first-order valence-corrected chi connectivity index (χ1v) is 21.8. The standard InChI is InChI=1S/C43H73O8P/c1-3-5-7-9-11-13-15-17-19-21-23-25-27-29-31-33-35-37-42(44)49-39-41(40-50-52(46,47)48)51-43(45)38-36-34-32-30-28-26-24-22-20-18-16-14-12-10-8-6-4-2/h12,14,17-20,23-26,29,31,41H,3-11,13,15-16,21-22,27-28,30,32-40H2,1-2H3,(H2,46,47,48)/b14-12+,19-17+,20-18+,25-23+,26-24+,31-29+/t41-/m1/s1. The third-order valence-electron chi connectivity index (χ3n) is 8.20. The summed E-state index contributed by atoms with van der Waals surface area (Å²) in [6.45, 7) is 3.58. The van der Waals surface area contributed by atoms with Crippen molar-refractivity contribution in [3.05, 3.63) is 72.9 Å². The quantitative estimate of drug-likeness (QED) is 0.0281. The van der Waals surface area contributed by atoms with Crippen molar-refractivity contribution in [1.29, 1.82) is 0 Å². The second-order valence-corrected chi connectivity index (χ2v) is 14.5. The molecule has 0 aromatic rings. The van der Waals surface area contributed by atoms with E-state index in [0.717, 1.165) is 64.2 Å². The Morgan fingerprint density at radius 1 is 0.500 bits per heavy atom. The van der Waals surface area contributed by atoms with Crippen LogP contribution in [0.5, 0.6) is 0 Å². The number of esters is 2. The molecule has 298 valence electrons. The molecule has 0 heterocycles. The van der Waals surface area contributed by atoms with E-state index in [2.05, 4.69) is 85.2 Å². The number of rotatable bonds is 36. The SMILES string of the molecule is CCCCC/C=C/C/C=C/C/C=C/CCCCCCC(=O)O[C@H](COC(=O)CCC/C=C/C/C=C/C/C=C/CCCCCCCC)COP(=O)(O)O. The molecule has 0 aliphatic rings. The van der Waals surface area contributed by atoms with E-state index < -0.39 is 32.5 Å². The van der Waals surface area contributed by atoms with Crippen LogP contribution in [0.25, 0.3) is 0 Å². The molecule has 0 aliphatic heterocycles. The summed E-state index contributed by atoms with van der Waals surface area (Å²) in [6, 6.07) is 0. The van der Waals surface area contributed by atoms with Crippen LogP contribution in [0, 0.1) is 0 Å². The van der Waals surface area contributed by atoms with E-state index in [1.165, 1.54) is 64.2 Å². The fourth-order valence-electron chi connectivity index (χ4n) is 5.16. The fraction of sp³-hybridized carbons (Fsp3) is 0.674. The molecule has 0 saturated carbocycles. The number of phosphoric ester groups is 1. The van der Waals surface area contributed by atoms with Crippen LogP contribution in [0.1, 0.15) is 168 Å². The number of hydrogen-bond acceptors (Lipinski definition) is 6. The van der Waals surface area contributed by atoms with Gasteiger partial charge in [-0.2, -0.15) is 0 Å². The third-order valence-corrected chi connectivity index (χ3v) is 8.68. The number of carbonyl (C=O) groups excluding carboxylic acids is 2. The Morgan fingerprint density at radius 2 is 0.885 bits per heavy atom. The number of ether oxygens (including phenoxy) is 2. The molecule has 0 bridgehead atoms. The molecule has 0 rings (SSSR count). The van der Waals surface area contributed by atoms with Crippen molar-refractivity contribution in [2.24, 2.45) is 0 Å². The minimum absolute atomic E-state index is 0.172. The smallest absolute Gasteiger partial charge is 0.462 e. The molecule has 0 fully saturated rings. The fourth-order valence-corrected chi connectivity index (χ4v) is 5.52. The first kappa shape index (κ1) is 49.5. The van der Waals surface area contributed by atoms with Crippen LogP contribution in [0.2, 0.25) is 0 Å². The Hall–Kier alpha value is -2.51. The Balaban J connectivity index is 4.09. The highest BCUT2D eigenvalue weighted by molar-refractivity contribution is 7.46. The minimum Gasteiger partial charge on any atom is -0.462 e. The van der Waals surface area contributed by atoms with Crippen LogP contribution in [-0.2, 0) is 28.2 Å². The van der Waals surface area contributed by atoms with Gasteiger partial charge < -0.3 is 19.3 Å². The van der Waals surface area contributed by atoms with Crippen molar-refractivity contribution < 1.29 is 37.9 Å². The molecule has 0 aromatic heterocycles. The largest absolute Gasteiger partial charge is 0.469 e. The minimum atomic E-state index is -4.77. The summed E-state index contributed by atoms with van der Waals surface area (Å²) in [4.78, 5) is 42.8. The summed E-state index contributed by atoms with van der Waals surface area (Å²) in [6.07, 6.45) is 49.1. The van der Waals surface area contributed by atoms with Gasteiger partial charge in [0.15, 0.2) is 6.10 Å². The summed E-state index contributed by atoms with van der Waals surface area (Å²) in [5.41, 5.74) is 0. The second kappa shape index (κ2) is 38.2. The van der Waals surface area contributed by atoms with Gasteiger partial charge in [0.05, 0.1) is 6.61 Å². The first-order valence-electron chi connectivity index (χ1n) is 20.2. The van der Waals surface area contributed by atoms with E-state index in [1.807, 2.05) is 6.08 Å². The zero-order valence-corrected chi connectivity index (χ0v) is 33.6. The summed E-state index contributed by atoms with van der Waals surface area (Å²) < 4.78 is 26.3. The number of carbonyl (C=O) groups is 2. The van der Waals surface area contributed by atoms with E-state index in [1.54, 1.807) is 0 Å². The molecule has 2 N–H and O–H groups in total. The van der Waals surface area contributed by atoms with Gasteiger partial charge in [0, 0.05) is 12.8 Å². The maximum Gasteiger partial charge on any atom is 0.469 e. The summed E-state index contributed by atoms with van der Waals surface area (Å²) >= 11 is 0. The predicted octanol–water partition coefficient (Wildman–Crippen LogP) is 12.3. The van der Waals surface area contributed by atoms with Crippen molar-refractivity contribution in [3.63, 3.8) is 0 Å². The molecule has 0 saturated heterocycles. The molecule has 0 radical (unpaired) electrons. The highest BCUT2D eigenvalue weighted by atomic mass is 31.2. The molecule has 1 atom stereocenters. The molecule has 0 amide bonds. The van der Waals surface area contributed by atoms with Crippen molar-refractivity contribution in [1.82, 2.24) is 0 Å². The van der Waals surface area contributed by atoms with Gasteiger partial charge in [-0.1, -0.05) is 145 Å². The topological polar surface area (TPSA) is 119 Å². The van der Waals surface area contributed by atoms with Gasteiger partial charge in [-0.15, -0.1) is 0 Å². The number of hydrogen-bond donors (Lipinski definition) is 2. The van der Waals surface area contributed by atoms with E-state index in [0.29, 0.717) is 12.8 Å². The Morgan fingerprint density at radius 3 is 1.38 bits per heavy atom. The summed E-state index contributed by atoms with van der Waals surface area (Å²) in [5.74, 6) is -0.977. The second-order valence-electron chi connectivity index (χ2n) is 13.2. The number of unbranched alkanes of at least 4 members (excludes halogenated alkanes) is 14. The average molecular weight is 749 g/mol. The van der Waals surface area contributed by atoms with Crippen LogP contribution < -0.4 is 0 Å². The van der Waals surface area contributed by atoms with Gasteiger partial charge >= 0.3 is 19.8 Å². The lowest BCUT2D eigenvalue weighted by molar-refractivity contribution is -0.161. The number of allylic oxidation sites excluding steroid dienone is 12. The molecule has 0 unspecified atom stereocenters. The van der Waals surface area contributed by atoms with Gasteiger partial charge in [-0.05, 0) is 83.5 Å². The highest BCUT2D eigenvalue weighted by Gasteiger charge is 2.22. The van der Waals surface area contributed by atoms with Crippen molar-refractivity contribution in [2.75, 3.05) is 13.2 Å². The van der Waals surface area contributed by atoms with Crippen LogP contribution in [0.4, 0.5) is 0 Å². The predicted molar refractivity (Wildman–Crippen MR) is 216 cm³/mol. The maximum atomic E-state index is 12.4. The Bertz CT molecular complexity index is 1070. The number of phosphoric acid groups is 1. The third kappa shape index (κ3) is 40.3. The average Bonchev–Trinajstić information content (AvgIpc) is 3.11. The Labute approximate surface area is 317 Å². The molecule has 0 aliphatic carbocycles. The zero-order valence-electron chi connectivity index (χ0n) is 32.7. The molecule has 52 heavy (non-hydrogen) atoms. The Kier molecular flexibility index (Phi) is 36.4. The molecule has 9 heteroatoms. The molecule has 0 spiro atoms. The van der Waals surface area contributed by atoms with E-state index in [9.17, 15) is 14.2 Å². The highest BCUT2D eigenvalue weighted by Crippen LogP contribution is 2.36. The van der Waals surface area contributed by atoms with E-state index >= 15 is 0 Å². The van der Waals surface area contributed by atoms with Crippen LogP contribution in [-0.4, -0.2) is 41.0 Å². The summed E-state index contributed by atoms with van der Waals surface area (Å²) in [7, 11) is -4.77. The van der Waals surface area contributed by atoms with Gasteiger partial charge in [-0.3, -0.25) is 14.1 Å². The first-order chi connectivity index (χ1) is 25.3. The lowest BCUT2D eigenvalue weighted by atomic mass is 10.1. The van der Waals surface area contributed by atoms with Crippen molar-refractivity contribution in [3.8, 4) is 0 Å². The molecule has 8 nitrogen and oxygen atoms in total. The zero-order chi connectivity index (χ0) is 38.2. The van der Waals surface area contributed by atoms with Crippen LogP contribution in [0.3, 0.4) is 0 Å². The van der Waals surface area contributed by atoms with Gasteiger partial charge in [0.1, 0.15) is 6.61 Å². The summed E-state index contributed by atoms with van der Waals surface area (Å²) in [5, 5.41) is 0. The van der Waals surface area contributed by atoms with E-state index in [-0.39, 0.29) is 19.4 Å². The normalized spacial score (nSPS) is 13.2. The monoisotopic (exact) mass is 749 g/mol. The van der Waals surface area contributed by atoms with Crippen LogP contribution in [0.15, 0.2) is 72.9 Å². The van der Waals surface area contributed by atoms with Gasteiger partial charge in [0.2, 0.25) is 0 Å². The van der Waals surface area contributed by atoms with E-state index in [4.69, 9.17) is 19.3 Å². The molecular weight excluding hydrogens is 675 g/mol. The van der Waals surface area contributed by atoms with Gasteiger partial charge in [0.25, 0.3) is 0 Å². The molecular formula is C43H73O8P. The van der Waals surface area contributed by atoms with Crippen LogP contribution >= 0.6 is 7.82 Å². The maximum absolute atomic E-state index is 12.4. The van der Waals surface area contributed by atoms with Crippen molar-refractivity contribution in [2.45, 2.75) is 174 Å². The lowest BCUT2D eigenvalue weighted by Crippen LogP contribution is -2.29. The van der Waals surface area contributed by atoms with Crippen molar-refractivity contribution >= 4 is 19.8 Å². The molecule has 0 aromatic carbocycles. The van der Waals surface area contributed by atoms with Gasteiger partial charge in [-0.25, -0.2) is 4.57 Å².